The molecule has 0 spiro atoms. The van der Waals surface area contributed by atoms with Crippen LogP contribution in [0.5, 0.6) is 5.75 Å². The quantitative estimate of drug-likeness (QED) is 0.515. The van der Waals surface area contributed by atoms with E-state index in [0.29, 0.717) is 16.4 Å². The van der Waals surface area contributed by atoms with Crippen LogP contribution in [0.2, 0.25) is 0 Å². The van der Waals surface area contributed by atoms with Crippen molar-refractivity contribution < 1.29 is 14.5 Å². The monoisotopic (exact) mass is 380 g/mol. The highest BCUT2D eigenvalue weighted by molar-refractivity contribution is 7.14. The fourth-order valence-corrected chi connectivity index (χ4v) is 2.94. The van der Waals surface area contributed by atoms with Crippen molar-refractivity contribution in [2.45, 2.75) is 0 Å². The van der Waals surface area contributed by atoms with Crippen LogP contribution in [-0.4, -0.2) is 22.4 Å². The van der Waals surface area contributed by atoms with E-state index in [1.807, 2.05) is 6.07 Å². The van der Waals surface area contributed by atoms with Gasteiger partial charge in [-0.05, 0) is 18.2 Å². The van der Waals surface area contributed by atoms with Gasteiger partial charge in [0.1, 0.15) is 0 Å². The highest BCUT2D eigenvalue weighted by Gasteiger charge is 2.15. The van der Waals surface area contributed by atoms with E-state index in [0.717, 1.165) is 5.56 Å². The molecule has 0 saturated heterocycles. The Morgan fingerprint density at radius 1 is 1.26 bits per heavy atom. The van der Waals surface area contributed by atoms with Gasteiger partial charge in [-0.2, -0.15) is 5.26 Å². The van der Waals surface area contributed by atoms with Gasteiger partial charge < -0.3 is 4.74 Å². The zero-order valence-corrected chi connectivity index (χ0v) is 14.6. The molecule has 1 amide bonds. The molecule has 27 heavy (non-hydrogen) atoms. The van der Waals surface area contributed by atoms with Gasteiger partial charge in [0.2, 0.25) is 0 Å². The maximum Gasteiger partial charge on any atom is 0.310 e. The number of nitro benzene ring substituents is 1. The molecule has 1 aromatic heterocycles. The number of amides is 1. The standard InChI is InChI=1S/C18H12N4O4S/c19-9-12-5-7-13(8-6-12)14-11-27-18(20-14)21-17(23)10-26-16-4-2-1-3-15(16)22(24)25/h1-8,11H,10H2,(H,20,21,23). The molecule has 9 heteroatoms. The number of benzene rings is 2. The van der Waals surface area contributed by atoms with E-state index < -0.39 is 10.8 Å². The fraction of sp³-hybridized carbons (Fsp3) is 0.0556. The van der Waals surface area contributed by atoms with E-state index >= 15 is 0 Å². The van der Waals surface area contributed by atoms with E-state index in [2.05, 4.69) is 10.3 Å². The molecule has 0 aliphatic rings. The predicted octanol–water partition coefficient (Wildman–Crippen LogP) is 3.61. The van der Waals surface area contributed by atoms with Gasteiger partial charge >= 0.3 is 5.69 Å². The van der Waals surface area contributed by atoms with Crippen LogP contribution in [0.4, 0.5) is 10.8 Å². The summed E-state index contributed by atoms with van der Waals surface area (Å²) in [6.45, 7) is -0.378. The first-order valence-corrected chi connectivity index (χ1v) is 8.57. The van der Waals surface area contributed by atoms with Crippen LogP contribution in [0.3, 0.4) is 0 Å². The molecule has 1 N–H and O–H groups in total. The van der Waals surface area contributed by atoms with Gasteiger partial charge in [-0.3, -0.25) is 20.2 Å². The maximum absolute atomic E-state index is 12.0. The van der Waals surface area contributed by atoms with Crippen molar-refractivity contribution in [3.8, 4) is 23.1 Å². The molecule has 0 bridgehead atoms. The van der Waals surface area contributed by atoms with E-state index in [-0.39, 0.29) is 18.0 Å². The summed E-state index contributed by atoms with van der Waals surface area (Å²) in [5.74, 6) is -0.455. The van der Waals surface area contributed by atoms with Crippen LogP contribution in [0, 0.1) is 21.4 Å². The molecule has 0 aliphatic heterocycles. The Labute approximate surface area is 157 Å². The topological polar surface area (TPSA) is 118 Å². The van der Waals surface area contributed by atoms with Gasteiger partial charge in [0.15, 0.2) is 17.5 Å². The minimum atomic E-state index is -0.572. The highest BCUT2D eigenvalue weighted by Crippen LogP contribution is 2.27. The van der Waals surface area contributed by atoms with Crippen molar-refractivity contribution in [3.63, 3.8) is 0 Å². The van der Waals surface area contributed by atoms with Gasteiger partial charge in [-0.15, -0.1) is 11.3 Å². The molecule has 1 heterocycles. The summed E-state index contributed by atoms with van der Waals surface area (Å²) < 4.78 is 5.24. The molecular formula is C18H12N4O4S. The number of para-hydroxylation sites is 2. The molecule has 0 atom stereocenters. The molecule has 8 nitrogen and oxygen atoms in total. The molecule has 3 rings (SSSR count). The van der Waals surface area contributed by atoms with E-state index in [1.54, 1.807) is 35.7 Å². The number of nitro groups is 1. The number of nitrogens with one attached hydrogen (secondary N) is 1. The first-order chi connectivity index (χ1) is 13.1. The number of rotatable bonds is 6. The van der Waals surface area contributed by atoms with Gasteiger partial charge in [-0.1, -0.05) is 24.3 Å². The second kappa shape index (κ2) is 8.07. The van der Waals surface area contributed by atoms with Gasteiger partial charge in [0, 0.05) is 17.0 Å². The summed E-state index contributed by atoms with van der Waals surface area (Å²) in [5, 5.41) is 24.5. The molecule has 3 aromatic rings. The zero-order valence-electron chi connectivity index (χ0n) is 13.8. The lowest BCUT2D eigenvalue weighted by Crippen LogP contribution is -2.20. The first-order valence-electron chi connectivity index (χ1n) is 7.69. The lowest BCUT2D eigenvalue weighted by atomic mass is 10.1. The second-order valence-electron chi connectivity index (χ2n) is 5.29. The average molecular weight is 380 g/mol. The number of hydrogen-bond acceptors (Lipinski definition) is 7. The molecule has 0 aliphatic carbocycles. The summed E-state index contributed by atoms with van der Waals surface area (Å²) in [4.78, 5) is 26.7. The number of nitrogens with zero attached hydrogens (tertiary/aromatic N) is 3. The smallest absolute Gasteiger partial charge is 0.310 e. The Balaban J connectivity index is 1.61. The number of anilines is 1. The number of aromatic nitrogens is 1. The molecule has 2 aromatic carbocycles. The third kappa shape index (κ3) is 4.45. The first kappa shape index (κ1) is 18.0. The SMILES string of the molecule is N#Cc1ccc(-c2csc(NC(=O)COc3ccccc3[N+](=O)[O-])n2)cc1. The van der Waals surface area contributed by atoms with Crippen molar-refractivity contribution in [1.82, 2.24) is 4.98 Å². The largest absolute Gasteiger partial charge is 0.477 e. The minimum Gasteiger partial charge on any atom is -0.477 e. The lowest BCUT2D eigenvalue weighted by Gasteiger charge is -2.06. The van der Waals surface area contributed by atoms with Crippen molar-refractivity contribution in [2.75, 3.05) is 11.9 Å². The predicted molar refractivity (Wildman–Crippen MR) is 99.5 cm³/mol. The number of nitriles is 1. The average Bonchev–Trinajstić information content (AvgIpc) is 3.15. The third-order valence-electron chi connectivity index (χ3n) is 3.48. The molecule has 0 unspecified atom stereocenters. The van der Waals surface area contributed by atoms with Crippen LogP contribution < -0.4 is 10.1 Å². The maximum atomic E-state index is 12.0. The number of ether oxygens (including phenoxy) is 1. The molecule has 0 saturated carbocycles. The van der Waals surface area contributed by atoms with E-state index in [1.165, 1.54) is 29.5 Å². The van der Waals surface area contributed by atoms with Crippen LogP contribution in [0.1, 0.15) is 5.56 Å². The van der Waals surface area contributed by atoms with Crippen LogP contribution >= 0.6 is 11.3 Å². The molecule has 0 radical (unpaired) electrons. The summed E-state index contributed by atoms with van der Waals surface area (Å²) >= 11 is 1.24. The second-order valence-corrected chi connectivity index (χ2v) is 6.15. The Morgan fingerprint density at radius 2 is 2.00 bits per heavy atom. The number of thiazole rings is 1. The fourth-order valence-electron chi connectivity index (χ4n) is 2.21. The summed E-state index contributed by atoms with van der Waals surface area (Å²) in [6.07, 6.45) is 0. The Bertz CT molecular complexity index is 1020. The molecular weight excluding hydrogens is 368 g/mol. The van der Waals surface area contributed by atoms with Crippen LogP contribution in [-0.2, 0) is 4.79 Å². The van der Waals surface area contributed by atoms with E-state index in [9.17, 15) is 14.9 Å². The summed E-state index contributed by atoms with van der Waals surface area (Å²) in [6, 6.07) is 14.8. The zero-order chi connectivity index (χ0) is 19.2. The van der Waals surface area contributed by atoms with Crippen molar-refractivity contribution in [2.24, 2.45) is 0 Å². The Morgan fingerprint density at radius 3 is 2.70 bits per heavy atom. The van der Waals surface area contributed by atoms with Crippen molar-refractivity contribution >= 4 is 28.1 Å². The molecule has 134 valence electrons. The number of hydrogen-bond donors (Lipinski definition) is 1. The normalized spacial score (nSPS) is 10.0. The highest BCUT2D eigenvalue weighted by atomic mass is 32.1. The number of carbonyl (C=O) groups excluding carboxylic acids is 1. The van der Waals surface area contributed by atoms with Crippen LogP contribution in [0.25, 0.3) is 11.3 Å². The van der Waals surface area contributed by atoms with E-state index in [4.69, 9.17) is 10.00 Å². The minimum absolute atomic E-state index is 0.0232. The Kier molecular flexibility index (Phi) is 5.39. The van der Waals surface area contributed by atoms with Gasteiger partial charge in [0.05, 0.1) is 22.2 Å². The van der Waals surface area contributed by atoms with Crippen molar-refractivity contribution in [3.05, 3.63) is 69.6 Å². The lowest BCUT2D eigenvalue weighted by molar-refractivity contribution is -0.385. The van der Waals surface area contributed by atoms with Gasteiger partial charge in [0.25, 0.3) is 5.91 Å². The molecule has 0 fully saturated rings. The number of carbonyl (C=O) groups is 1. The summed E-state index contributed by atoms with van der Waals surface area (Å²) in [7, 11) is 0. The Hall–Kier alpha value is -3.77. The van der Waals surface area contributed by atoms with Crippen molar-refractivity contribution in [1.29, 1.82) is 5.26 Å². The van der Waals surface area contributed by atoms with Crippen LogP contribution in [0.15, 0.2) is 53.9 Å². The third-order valence-corrected chi connectivity index (χ3v) is 4.24. The van der Waals surface area contributed by atoms with Gasteiger partial charge in [-0.25, -0.2) is 4.98 Å². The summed E-state index contributed by atoms with van der Waals surface area (Å²) in [5.41, 5.74) is 1.83.